The van der Waals surface area contributed by atoms with Gasteiger partial charge in [-0.05, 0) is 32.0 Å². The van der Waals surface area contributed by atoms with Crippen LogP contribution in [0.2, 0.25) is 0 Å². The molecular formula is C22H27NO6. The quantitative estimate of drug-likeness (QED) is 0.511. The average Bonchev–Trinajstić information content (AvgIpc) is 2.76. The second kappa shape index (κ2) is 9.03. The Balaban J connectivity index is 2.31. The van der Waals surface area contributed by atoms with Crippen molar-refractivity contribution < 1.29 is 28.5 Å². The molecule has 3 rings (SSSR count). The second-order valence-corrected chi connectivity index (χ2v) is 6.57. The Morgan fingerprint density at radius 2 is 1.38 bits per heavy atom. The van der Waals surface area contributed by atoms with Crippen molar-refractivity contribution in [1.82, 2.24) is 0 Å². The summed E-state index contributed by atoms with van der Waals surface area (Å²) < 4.78 is 22.9. The standard InChI is InChI=1S/C22H27NO6/c1-5-17(24)28-19-15-10-9-14(23(7-3)8-4)13-16(15)20(29-18(25)6-2)22-21(19)26-11-12-27-22/h9-10,13H,5-8,11-12H2,1-4H3. The van der Waals surface area contributed by atoms with Crippen molar-refractivity contribution in [2.75, 3.05) is 31.2 Å². The number of anilines is 1. The van der Waals surface area contributed by atoms with Gasteiger partial charge < -0.3 is 23.8 Å². The lowest BCUT2D eigenvalue weighted by Gasteiger charge is -2.26. The molecule has 1 aliphatic heterocycles. The van der Waals surface area contributed by atoms with E-state index in [4.69, 9.17) is 18.9 Å². The van der Waals surface area contributed by atoms with Crippen LogP contribution in [0.15, 0.2) is 18.2 Å². The van der Waals surface area contributed by atoms with Crippen LogP contribution in [0.5, 0.6) is 23.0 Å². The maximum atomic E-state index is 12.1. The van der Waals surface area contributed by atoms with Crippen LogP contribution in [0.25, 0.3) is 10.8 Å². The molecule has 1 heterocycles. The highest BCUT2D eigenvalue weighted by atomic mass is 16.6. The molecule has 2 aromatic rings. The monoisotopic (exact) mass is 401 g/mol. The third kappa shape index (κ3) is 4.09. The summed E-state index contributed by atoms with van der Waals surface area (Å²) in [6, 6.07) is 5.75. The van der Waals surface area contributed by atoms with E-state index in [2.05, 4.69) is 18.7 Å². The SMILES string of the molecule is CCC(=O)Oc1c2c(c(OC(=O)CC)c3cc(N(CC)CC)ccc13)OCCO2. The van der Waals surface area contributed by atoms with Crippen molar-refractivity contribution in [2.45, 2.75) is 40.5 Å². The van der Waals surface area contributed by atoms with Crippen molar-refractivity contribution in [2.24, 2.45) is 0 Å². The molecule has 0 saturated heterocycles. The van der Waals surface area contributed by atoms with Gasteiger partial charge in [0, 0.05) is 42.4 Å². The normalized spacial score (nSPS) is 12.6. The molecule has 0 saturated carbocycles. The minimum absolute atomic E-state index is 0.222. The first kappa shape index (κ1) is 20.8. The molecular weight excluding hydrogens is 374 g/mol. The topological polar surface area (TPSA) is 74.3 Å². The Morgan fingerprint density at radius 3 is 1.86 bits per heavy atom. The summed E-state index contributed by atoms with van der Waals surface area (Å²) in [6.07, 6.45) is 0.445. The van der Waals surface area contributed by atoms with Gasteiger partial charge in [0.25, 0.3) is 0 Å². The first-order chi connectivity index (χ1) is 14.0. The van der Waals surface area contributed by atoms with E-state index < -0.39 is 0 Å². The van der Waals surface area contributed by atoms with Crippen LogP contribution in [0.3, 0.4) is 0 Å². The predicted octanol–water partition coefficient (Wildman–Crippen LogP) is 4.09. The molecule has 0 N–H and O–H groups in total. The van der Waals surface area contributed by atoms with Crippen molar-refractivity contribution in [3.8, 4) is 23.0 Å². The van der Waals surface area contributed by atoms with Crippen LogP contribution in [0, 0.1) is 0 Å². The van der Waals surface area contributed by atoms with Gasteiger partial charge in [0.15, 0.2) is 11.5 Å². The zero-order valence-electron chi connectivity index (χ0n) is 17.4. The third-order valence-electron chi connectivity index (χ3n) is 4.82. The molecule has 0 spiro atoms. The van der Waals surface area contributed by atoms with Gasteiger partial charge in [0.2, 0.25) is 11.5 Å². The van der Waals surface area contributed by atoms with Crippen LogP contribution in [0.4, 0.5) is 5.69 Å². The molecule has 0 aromatic heterocycles. The van der Waals surface area contributed by atoms with E-state index in [0.29, 0.717) is 47.0 Å². The smallest absolute Gasteiger partial charge is 0.311 e. The maximum Gasteiger partial charge on any atom is 0.311 e. The first-order valence-electron chi connectivity index (χ1n) is 10.1. The number of fused-ring (bicyclic) bond motifs is 2. The molecule has 0 atom stereocenters. The van der Waals surface area contributed by atoms with Crippen LogP contribution < -0.4 is 23.8 Å². The Bertz CT molecular complexity index is 919. The van der Waals surface area contributed by atoms with E-state index in [1.807, 2.05) is 18.2 Å². The van der Waals surface area contributed by atoms with E-state index in [-0.39, 0.29) is 24.8 Å². The number of carbonyl (C=O) groups is 2. The van der Waals surface area contributed by atoms with E-state index in [1.54, 1.807) is 13.8 Å². The number of benzene rings is 2. The van der Waals surface area contributed by atoms with Crippen LogP contribution in [-0.2, 0) is 9.59 Å². The summed E-state index contributed by atoms with van der Waals surface area (Å²) in [4.78, 5) is 26.4. The number of rotatable bonds is 7. The third-order valence-corrected chi connectivity index (χ3v) is 4.82. The molecule has 0 aliphatic carbocycles. The van der Waals surface area contributed by atoms with Gasteiger partial charge in [-0.2, -0.15) is 0 Å². The van der Waals surface area contributed by atoms with Gasteiger partial charge in [-0.15, -0.1) is 0 Å². The van der Waals surface area contributed by atoms with Gasteiger partial charge in [-0.3, -0.25) is 9.59 Å². The zero-order chi connectivity index (χ0) is 21.0. The fraction of sp³-hybridized carbons (Fsp3) is 0.455. The Labute approximate surface area is 170 Å². The van der Waals surface area contributed by atoms with Crippen LogP contribution in [-0.4, -0.2) is 38.2 Å². The van der Waals surface area contributed by atoms with Gasteiger partial charge in [0.1, 0.15) is 13.2 Å². The Kier molecular flexibility index (Phi) is 6.46. The second-order valence-electron chi connectivity index (χ2n) is 6.57. The highest BCUT2D eigenvalue weighted by molar-refractivity contribution is 6.02. The minimum Gasteiger partial charge on any atom is -0.483 e. The highest BCUT2D eigenvalue weighted by Gasteiger charge is 2.29. The molecule has 7 nitrogen and oxygen atoms in total. The highest BCUT2D eigenvalue weighted by Crippen LogP contribution is 2.53. The fourth-order valence-electron chi connectivity index (χ4n) is 3.28. The lowest BCUT2D eigenvalue weighted by molar-refractivity contribution is -0.135. The molecule has 29 heavy (non-hydrogen) atoms. The van der Waals surface area contributed by atoms with Crippen LogP contribution >= 0.6 is 0 Å². The fourth-order valence-corrected chi connectivity index (χ4v) is 3.28. The molecule has 0 fully saturated rings. The van der Waals surface area contributed by atoms with Crippen molar-refractivity contribution in [3.63, 3.8) is 0 Å². The number of hydrogen-bond acceptors (Lipinski definition) is 7. The molecule has 1 aliphatic rings. The van der Waals surface area contributed by atoms with Crippen molar-refractivity contribution in [3.05, 3.63) is 18.2 Å². The lowest BCUT2D eigenvalue weighted by atomic mass is 10.0. The largest absolute Gasteiger partial charge is 0.483 e. The van der Waals surface area contributed by atoms with Gasteiger partial charge in [-0.1, -0.05) is 13.8 Å². The van der Waals surface area contributed by atoms with Crippen molar-refractivity contribution in [1.29, 1.82) is 0 Å². The molecule has 2 aromatic carbocycles. The number of esters is 2. The Hall–Kier alpha value is -2.96. The predicted molar refractivity (Wildman–Crippen MR) is 110 cm³/mol. The van der Waals surface area contributed by atoms with Gasteiger partial charge in [-0.25, -0.2) is 0 Å². The number of carbonyl (C=O) groups excluding carboxylic acids is 2. The van der Waals surface area contributed by atoms with Crippen LogP contribution in [0.1, 0.15) is 40.5 Å². The molecule has 7 heteroatoms. The summed E-state index contributed by atoms with van der Waals surface area (Å²) in [5.74, 6) is 0.417. The molecule has 0 unspecified atom stereocenters. The molecule has 0 radical (unpaired) electrons. The summed E-state index contributed by atoms with van der Waals surface area (Å²) in [5.41, 5.74) is 0.973. The van der Waals surface area contributed by atoms with E-state index in [1.165, 1.54) is 0 Å². The first-order valence-corrected chi connectivity index (χ1v) is 10.1. The van der Waals surface area contributed by atoms with E-state index in [0.717, 1.165) is 18.8 Å². The van der Waals surface area contributed by atoms with Gasteiger partial charge >= 0.3 is 11.9 Å². The lowest BCUT2D eigenvalue weighted by Crippen LogP contribution is -2.22. The summed E-state index contributed by atoms with van der Waals surface area (Å²) in [6.45, 7) is 9.88. The minimum atomic E-state index is -0.381. The molecule has 0 bridgehead atoms. The van der Waals surface area contributed by atoms with E-state index >= 15 is 0 Å². The van der Waals surface area contributed by atoms with E-state index in [9.17, 15) is 9.59 Å². The summed E-state index contributed by atoms with van der Waals surface area (Å²) >= 11 is 0. The Morgan fingerprint density at radius 1 is 0.862 bits per heavy atom. The average molecular weight is 401 g/mol. The zero-order valence-corrected chi connectivity index (χ0v) is 17.4. The summed E-state index contributed by atoms with van der Waals surface area (Å²) in [7, 11) is 0. The van der Waals surface area contributed by atoms with Crippen molar-refractivity contribution >= 4 is 28.4 Å². The number of nitrogens with zero attached hydrogens (tertiary/aromatic N) is 1. The summed E-state index contributed by atoms with van der Waals surface area (Å²) in [5, 5.41) is 1.27. The number of hydrogen-bond donors (Lipinski definition) is 0. The maximum absolute atomic E-state index is 12.1. The van der Waals surface area contributed by atoms with Gasteiger partial charge in [0.05, 0.1) is 0 Å². The number of ether oxygens (including phenoxy) is 4. The molecule has 156 valence electrons. The molecule has 0 amide bonds.